The Morgan fingerprint density at radius 2 is 1.94 bits per heavy atom. The van der Waals surface area contributed by atoms with Crippen molar-refractivity contribution >= 4 is 23.2 Å². The molecule has 17 heavy (non-hydrogen) atoms. The van der Waals surface area contributed by atoms with Gasteiger partial charge in [-0.25, -0.2) is 0 Å². The van der Waals surface area contributed by atoms with Gasteiger partial charge in [0.05, 0.1) is 0 Å². The van der Waals surface area contributed by atoms with E-state index in [-0.39, 0.29) is 0 Å². The van der Waals surface area contributed by atoms with Crippen LogP contribution in [-0.4, -0.2) is 25.0 Å². The Hall–Kier alpha value is -0.240. The summed E-state index contributed by atoms with van der Waals surface area (Å²) in [4.78, 5) is 2.44. The lowest BCUT2D eigenvalue weighted by Crippen LogP contribution is -2.31. The van der Waals surface area contributed by atoms with Crippen LogP contribution in [0.3, 0.4) is 0 Å². The smallest absolute Gasteiger partial charge is 0.0423 e. The van der Waals surface area contributed by atoms with E-state index < -0.39 is 0 Å². The molecule has 1 aliphatic carbocycles. The zero-order valence-electron chi connectivity index (χ0n) is 10.0. The molecule has 1 saturated carbocycles. The summed E-state index contributed by atoms with van der Waals surface area (Å²) in [6.45, 7) is 2.36. The third-order valence-corrected chi connectivity index (χ3v) is 4.91. The van der Waals surface area contributed by atoms with Gasteiger partial charge < -0.3 is 4.90 Å². The maximum Gasteiger partial charge on any atom is 0.0423 e. The van der Waals surface area contributed by atoms with Gasteiger partial charge in [0.15, 0.2) is 0 Å². The molecule has 1 aliphatic heterocycles. The Labute approximate surface area is 113 Å². The zero-order chi connectivity index (χ0) is 12.0. The Bertz CT molecular complexity index is 426. The van der Waals surface area contributed by atoms with Gasteiger partial charge >= 0.3 is 0 Å². The second kappa shape index (κ2) is 4.15. The number of halogens is 2. The van der Waals surface area contributed by atoms with E-state index in [1.165, 1.54) is 31.4 Å². The Kier molecular flexibility index (Phi) is 2.89. The highest BCUT2D eigenvalue weighted by Gasteiger charge is 2.49. The molecule has 1 nitrogen and oxygen atoms in total. The van der Waals surface area contributed by atoms with E-state index in [4.69, 9.17) is 23.2 Å². The molecular formula is C14H17Cl2N. The molecule has 0 bridgehead atoms. The summed E-state index contributed by atoms with van der Waals surface area (Å²) in [5.74, 6) is 0.780. The van der Waals surface area contributed by atoms with Crippen molar-refractivity contribution in [3.05, 3.63) is 33.8 Å². The topological polar surface area (TPSA) is 3.24 Å². The molecule has 1 aromatic carbocycles. The third-order valence-electron chi connectivity index (χ3n) is 4.48. The molecule has 0 N–H and O–H groups in total. The summed E-state index contributed by atoms with van der Waals surface area (Å²) in [5.41, 5.74) is 1.66. The van der Waals surface area contributed by atoms with E-state index in [9.17, 15) is 0 Å². The van der Waals surface area contributed by atoms with E-state index in [1.807, 2.05) is 6.07 Å². The summed E-state index contributed by atoms with van der Waals surface area (Å²) >= 11 is 12.3. The number of benzene rings is 1. The number of likely N-dealkylation sites (N-methyl/N-ethyl adjacent to an activating group) is 1. The fraction of sp³-hybridized carbons (Fsp3) is 0.571. The molecule has 1 aromatic rings. The van der Waals surface area contributed by atoms with Crippen LogP contribution >= 0.6 is 23.2 Å². The normalized spacial score (nSPS) is 33.0. The van der Waals surface area contributed by atoms with Crippen LogP contribution in [0.5, 0.6) is 0 Å². The van der Waals surface area contributed by atoms with Gasteiger partial charge in [-0.15, -0.1) is 0 Å². The molecule has 0 aromatic heterocycles. The average molecular weight is 270 g/mol. The molecule has 0 spiro atoms. The SMILES string of the molecule is CN1C[C@@H]2CCC[C@]2(c2cc(Cl)cc(Cl)c2)C1. The van der Waals surface area contributed by atoms with E-state index >= 15 is 0 Å². The second-order valence-electron chi connectivity index (χ2n) is 5.60. The van der Waals surface area contributed by atoms with Crippen molar-refractivity contribution in [3.8, 4) is 0 Å². The first kappa shape index (κ1) is 11.8. The van der Waals surface area contributed by atoms with Crippen molar-refractivity contribution in [1.29, 1.82) is 0 Å². The molecule has 1 saturated heterocycles. The van der Waals surface area contributed by atoms with Crippen molar-refractivity contribution in [2.75, 3.05) is 20.1 Å². The van der Waals surface area contributed by atoms with E-state index in [0.29, 0.717) is 5.41 Å². The van der Waals surface area contributed by atoms with Gasteiger partial charge in [-0.1, -0.05) is 29.6 Å². The van der Waals surface area contributed by atoms with Crippen LogP contribution < -0.4 is 0 Å². The van der Waals surface area contributed by atoms with Crippen LogP contribution in [0, 0.1) is 5.92 Å². The van der Waals surface area contributed by atoms with Gasteiger partial charge in [-0.3, -0.25) is 0 Å². The van der Waals surface area contributed by atoms with Gasteiger partial charge in [0.2, 0.25) is 0 Å². The second-order valence-corrected chi connectivity index (χ2v) is 6.47. The van der Waals surface area contributed by atoms with Crippen LogP contribution in [0.15, 0.2) is 18.2 Å². The minimum absolute atomic E-state index is 0.309. The summed E-state index contributed by atoms with van der Waals surface area (Å²) in [5, 5.41) is 1.53. The van der Waals surface area contributed by atoms with Crippen LogP contribution in [0.25, 0.3) is 0 Å². The summed E-state index contributed by atoms with van der Waals surface area (Å²) < 4.78 is 0. The zero-order valence-corrected chi connectivity index (χ0v) is 11.6. The fourth-order valence-electron chi connectivity index (χ4n) is 3.85. The molecule has 1 heterocycles. The number of hydrogen-bond acceptors (Lipinski definition) is 1. The lowest BCUT2D eigenvalue weighted by atomic mass is 9.74. The molecule has 2 atom stereocenters. The number of fused-ring (bicyclic) bond motifs is 1. The monoisotopic (exact) mass is 269 g/mol. The Morgan fingerprint density at radius 1 is 1.24 bits per heavy atom. The van der Waals surface area contributed by atoms with Crippen molar-refractivity contribution in [3.63, 3.8) is 0 Å². The van der Waals surface area contributed by atoms with Crippen LogP contribution in [0.2, 0.25) is 10.0 Å². The molecule has 92 valence electrons. The number of likely N-dealkylation sites (tertiary alicyclic amines) is 1. The highest BCUT2D eigenvalue weighted by Crippen LogP contribution is 2.50. The van der Waals surface area contributed by atoms with Gasteiger partial charge in [-0.05, 0) is 49.6 Å². The first-order valence-electron chi connectivity index (χ1n) is 6.25. The Balaban J connectivity index is 2.06. The van der Waals surface area contributed by atoms with Crippen molar-refractivity contribution < 1.29 is 0 Å². The first-order valence-corrected chi connectivity index (χ1v) is 7.01. The molecule has 3 rings (SSSR count). The van der Waals surface area contributed by atoms with Gasteiger partial charge in [0.1, 0.15) is 0 Å². The van der Waals surface area contributed by atoms with E-state index in [2.05, 4.69) is 24.1 Å². The molecule has 0 amide bonds. The van der Waals surface area contributed by atoms with Gasteiger partial charge in [-0.2, -0.15) is 0 Å². The first-order chi connectivity index (χ1) is 8.10. The minimum Gasteiger partial charge on any atom is -0.305 e. The quantitative estimate of drug-likeness (QED) is 0.746. The molecule has 0 unspecified atom stereocenters. The van der Waals surface area contributed by atoms with Crippen molar-refractivity contribution in [1.82, 2.24) is 4.90 Å². The molecule has 2 fully saturated rings. The van der Waals surface area contributed by atoms with Crippen molar-refractivity contribution in [2.24, 2.45) is 5.92 Å². The molecule has 2 aliphatic rings. The van der Waals surface area contributed by atoms with Gasteiger partial charge in [0, 0.05) is 28.5 Å². The number of nitrogens with zero attached hydrogens (tertiary/aromatic N) is 1. The summed E-state index contributed by atoms with van der Waals surface area (Å²) in [6, 6.07) is 6.06. The highest BCUT2D eigenvalue weighted by molar-refractivity contribution is 6.34. The van der Waals surface area contributed by atoms with Crippen LogP contribution in [0.1, 0.15) is 24.8 Å². The van der Waals surface area contributed by atoms with Crippen LogP contribution in [-0.2, 0) is 5.41 Å². The third kappa shape index (κ3) is 1.89. The summed E-state index contributed by atoms with van der Waals surface area (Å²) in [6.07, 6.45) is 3.95. The van der Waals surface area contributed by atoms with Crippen LogP contribution in [0.4, 0.5) is 0 Å². The fourth-order valence-corrected chi connectivity index (χ4v) is 4.38. The minimum atomic E-state index is 0.309. The average Bonchev–Trinajstić information content (AvgIpc) is 2.72. The largest absolute Gasteiger partial charge is 0.305 e. The Morgan fingerprint density at radius 3 is 2.65 bits per heavy atom. The molecule has 0 radical (unpaired) electrons. The predicted octanol–water partition coefficient (Wildman–Crippen LogP) is 3.98. The lowest BCUT2D eigenvalue weighted by molar-refractivity contribution is 0.360. The van der Waals surface area contributed by atoms with E-state index in [0.717, 1.165) is 22.5 Å². The highest BCUT2D eigenvalue weighted by atomic mass is 35.5. The standard InChI is InChI=1S/C14H17Cl2N/c1-17-8-10-3-2-4-14(10,9-17)11-5-12(15)7-13(16)6-11/h5-7,10H,2-4,8-9H2,1H3/t10-,14-/m0/s1. The number of rotatable bonds is 1. The predicted molar refractivity (Wildman–Crippen MR) is 73.0 cm³/mol. The lowest BCUT2D eigenvalue weighted by Gasteiger charge is -2.30. The summed E-state index contributed by atoms with van der Waals surface area (Å²) in [7, 11) is 2.21. The molecular weight excluding hydrogens is 253 g/mol. The molecule has 3 heteroatoms. The van der Waals surface area contributed by atoms with E-state index in [1.54, 1.807) is 0 Å². The maximum atomic E-state index is 6.15. The van der Waals surface area contributed by atoms with Crippen molar-refractivity contribution in [2.45, 2.75) is 24.7 Å². The maximum absolute atomic E-state index is 6.15. The van der Waals surface area contributed by atoms with Gasteiger partial charge in [0.25, 0.3) is 0 Å². The number of hydrogen-bond donors (Lipinski definition) is 0.